The molecule has 0 N–H and O–H groups in total. The molecule has 1 fully saturated rings. The Bertz CT molecular complexity index is 1580. The summed E-state index contributed by atoms with van der Waals surface area (Å²) in [7, 11) is -0.446. The second-order valence-corrected chi connectivity index (χ2v) is 11.3. The van der Waals surface area contributed by atoms with E-state index in [1.807, 2.05) is 24.3 Å². The molecule has 7 rings (SSSR count). The van der Waals surface area contributed by atoms with Gasteiger partial charge in [-0.2, -0.15) is 5.26 Å². The zero-order valence-electron chi connectivity index (χ0n) is 21.6. The normalized spacial score (nSPS) is 24.0. The smallest absolute Gasteiger partial charge is 0.455 e. The summed E-state index contributed by atoms with van der Waals surface area (Å²) in [5, 5.41) is 10.0. The molecule has 4 aliphatic rings. The minimum atomic E-state index is -0.549. The van der Waals surface area contributed by atoms with E-state index in [0.717, 1.165) is 35.2 Å². The standard InChI is InChI=1S/C32H28BNO3/c1-30(2)31(3,4)37-33(36-30)26-17-10-15-24-28(26)21-12-5-6-13-22(21)32(24)23-14-7-8-18-27(23)35-29-20(19-34)11-9-16-25(29)32/h5-9,11-14,16-18H,10,15H2,1-4H3. The largest absolute Gasteiger partial charge is 0.495 e. The van der Waals surface area contributed by atoms with Gasteiger partial charge in [0.2, 0.25) is 0 Å². The summed E-state index contributed by atoms with van der Waals surface area (Å²) >= 11 is 0. The average molecular weight is 485 g/mol. The van der Waals surface area contributed by atoms with Crippen LogP contribution in [0.1, 0.15) is 68.4 Å². The fraction of sp³-hybridized carbons (Fsp3) is 0.281. The predicted molar refractivity (Wildman–Crippen MR) is 144 cm³/mol. The quantitative estimate of drug-likeness (QED) is 0.345. The van der Waals surface area contributed by atoms with E-state index in [1.54, 1.807) is 0 Å². The molecular weight excluding hydrogens is 457 g/mol. The van der Waals surface area contributed by atoms with Crippen molar-refractivity contribution in [2.75, 3.05) is 0 Å². The highest BCUT2D eigenvalue weighted by molar-refractivity contribution is 6.59. The predicted octanol–water partition coefficient (Wildman–Crippen LogP) is 7.12. The lowest BCUT2D eigenvalue weighted by Gasteiger charge is -2.41. The van der Waals surface area contributed by atoms with Crippen LogP contribution >= 0.6 is 0 Å². The Balaban J connectivity index is 1.55. The lowest BCUT2D eigenvalue weighted by Crippen LogP contribution is -2.41. The van der Waals surface area contributed by atoms with Gasteiger partial charge >= 0.3 is 7.12 Å². The van der Waals surface area contributed by atoms with Crippen LogP contribution < -0.4 is 4.74 Å². The summed E-state index contributed by atoms with van der Waals surface area (Å²) in [6, 6.07) is 25.3. The number of hydrogen-bond donors (Lipinski definition) is 0. The van der Waals surface area contributed by atoms with E-state index in [2.05, 4.69) is 82.3 Å². The van der Waals surface area contributed by atoms with Crippen LogP contribution in [0.5, 0.6) is 11.5 Å². The number of rotatable bonds is 1. The molecule has 182 valence electrons. The molecule has 2 heterocycles. The third kappa shape index (κ3) is 2.80. The van der Waals surface area contributed by atoms with Crippen LogP contribution in [0, 0.1) is 11.3 Å². The number of allylic oxidation sites excluding steroid dienone is 4. The third-order valence-corrected chi connectivity index (χ3v) is 8.95. The molecule has 1 unspecified atom stereocenters. The molecule has 3 aromatic carbocycles. The summed E-state index contributed by atoms with van der Waals surface area (Å²) in [4.78, 5) is 0. The van der Waals surface area contributed by atoms with E-state index in [1.165, 1.54) is 22.3 Å². The Labute approximate surface area is 218 Å². The molecule has 1 atom stereocenters. The summed E-state index contributed by atoms with van der Waals surface area (Å²) in [6.07, 6.45) is 4.09. The summed E-state index contributed by atoms with van der Waals surface area (Å²) < 4.78 is 19.6. The number of fused-ring (bicyclic) bond motifs is 8. The molecule has 1 saturated heterocycles. The molecule has 5 heteroatoms. The van der Waals surface area contributed by atoms with Gasteiger partial charge in [0.15, 0.2) is 0 Å². The molecule has 0 amide bonds. The third-order valence-electron chi connectivity index (χ3n) is 8.95. The molecule has 0 radical (unpaired) electrons. The van der Waals surface area contributed by atoms with Gasteiger partial charge < -0.3 is 14.0 Å². The molecule has 0 bridgehead atoms. The van der Waals surface area contributed by atoms with Crippen LogP contribution in [0.3, 0.4) is 0 Å². The van der Waals surface area contributed by atoms with Gasteiger partial charge in [0.05, 0.1) is 22.2 Å². The van der Waals surface area contributed by atoms with Crippen LogP contribution in [0.4, 0.5) is 0 Å². The molecule has 0 aromatic heterocycles. The number of nitriles is 1. The minimum absolute atomic E-state index is 0.425. The van der Waals surface area contributed by atoms with E-state index in [-0.39, 0.29) is 0 Å². The van der Waals surface area contributed by atoms with Crippen molar-refractivity contribution in [3.63, 3.8) is 0 Å². The van der Waals surface area contributed by atoms with Crippen molar-refractivity contribution in [2.24, 2.45) is 0 Å². The van der Waals surface area contributed by atoms with E-state index in [4.69, 9.17) is 14.0 Å². The topological polar surface area (TPSA) is 51.5 Å². The minimum Gasteiger partial charge on any atom is -0.455 e. The Hall–Kier alpha value is -3.59. The molecule has 37 heavy (non-hydrogen) atoms. The SMILES string of the molecule is CC1(C)OB(C2=CCCC3=C2c2ccccc2C32c3ccccc3Oc3c(C#N)cccc32)OC1(C)C. The molecule has 1 spiro atoms. The molecule has 0 saturated carbocycles. The first kappa shape index (κ1) is 22.6. The van der Waals surface area contributed by atoms with Crippen molar-refractivity contribution in [1.29, 1.82) is 5.26 Å². The fourth-order valence-corrected chi connectivity index (χ4v) is 6.61. The van der Waals surface area contributed by atoms with E-state index >= 15 is 0 Å². The van der Waals surface area contributed by atoms with E-state index in [9.17, 15) is 5.26 Å². The second-order valence-electron chi connectivity index (χ2n) is 11.3. The van der Waals surface area contributed by atoms with Crippen molar-refractivity contribution in [3.8, 4) is 17.6 Å². The molecule has 3 aromatic rings. The number of ether oxygens (including phenoxy) is 1. The number of nitrogens with zero attached hydrogens (tertiary/aromatic N) is 1. The molecule has 2 aliphatic carbocycles. The lowest BCUT2D eigenvalue weighted by atomic mass is 9.62. The van der Waals surface area contributed by atoms with Gasteiger partial charge in [-0.05, 0) is 80.4 Å². The Kier molecular flexibility index (Phi) is 4.57. The van der Waals surface area contributed by atoms with Gasteiger partial charge in [0, 0.05) is 11.1 Å². The molecule has 2 aliphatic heterocycles. The van der Waals surface area contributed by atoms with Crippen molar-refractivity contribution in [3.05, 3.63) is 112 Å². The highest BCUT2D eigenvalue weighted by Gasteiger charge is 2.57. The number of benzene rings is 3. The Morgan fingerprint density at radius 2 is 1.49 bits per heavy atom. The van der Waals surface area contributed by atoms with Crippen LogP contribution in [0.25, 0.3) is 5.57 Å². The average Bonchev–Trinajstić information content (AvgIpc) is 3.31. The van der Waals surface area contributed by atoms with Crippen LogP contribution in [0.2, 0.25) is 0 Å². The van der Waals surface area contributed by atoms with Gasteiger partial charge in [-0.3, -0.25) is 0 Å². The number of hydrogen-bond acceptors (Lipinski definition) is 4. The second kappa shape index (κ2) is 7.48. The van der Waals surface area contributed by atoms with Crippen molar-refractivity contribution in [1.82, 2.24) is 0 Å². The zero-order chi connectivity index (χ0) is 25.6. The van der Waals surface area contributed by atoms with Gasteiger partial charge in [-0.15, -0.1) is 0 Å². The van der Waals surface area contributed by atoms with Gasteiger partial charge in [-0.1, -0.05) is 60.7 Å². The van der Waals surface area contributed by atoms with Gasteiger partial charge in [0.25, 0.3) is 0 Å². The van der Waals surface area contributed by atoms with Gasteiger partial charge in [-0.25, -0.2) is 0 Å². The zero-order valence-corrected chi connectivity index (χ0v) is 21.6. The van der Waals surface area contributed by atoms with Crippen molar-refractivity contribution in [2.45, 2.75) is 57.2 Å². The Morgan fingerprint density at radius 3 is 2.24 bits per heavy atom. The number of para-hydroxylation sites is 2. The summed E-state index contributed by atoms with van der Waals surface area (Å²) in [5.74, 6) is 1.45. The highest BCUT2D eigenvalue weighted by atomic mass is 16.7. The molecular formula is C32H28BNO3. The van der Waals surface area contributed by atoms with Crippen LogP contribution in [-0.4, -0.2) is 18.3 Å². The maximum Gasteiger partial charge on any atom is 0.495 e. The first-order valence-electron chi connectivity index (χ1n) is 13.0. The van der Waals surface area contributed by atoms with Gasteiger partial charge in [0.1, 0.15) is 17.6 Å². The van der Waals surface area contributed by atoms with E-state index in [0.29, 0.717) is 11.3 Å². The summed E-state index contributed by atoms with van der Waals surface area (Å²) in [6.45, 7) is 8.41. The first-order valence-corrected chi connectivity index (χ1v) is 13.0. The monoisotopic (exact) mass is 485 g/mol. The van der Waals surface area contributed by atoms with Crippen molar-refractivity contribution < 1.29 is 14.0 Å². The molecule has 4 nitrogen and oxygen atoms in total. The fourth-order valence-electron chi connectivity index (χ4n) is 6.61. The maximum atomic E-state index is 10.0. The van der Waals surface area contributed by atoms with Crippen LogP contribution in [0.15, 0.2) is 83.9 Å². The van der Waals surface area contributed by atoms with Crippen LogP contribution in [-0.2, 0) is 14.7 Å². The van der Waals surface area contributed by atoms with Crippen molar-refractivity contribution >= 4 is 12.7 Å². The van der Waals surface area contributed by atoms with E-state index < -0.39 is 23.7 Å². The Morgan fingerprint density at radius 1 is 0.811 bits per heavy atom. The lowest BCUT2D eigenvalue weighted by molar-refractivity contribution is 0.00578. The highest BCUT2D eigenvalue weighted by Crippen LogP contribution is 2.64. The summed E-state index contributed by atoms with van der Waals surface area (Å²) in [5.41, 5.74) is 7.35. The first-order chi connectivity index (χ1) is 17.8. The maximum absolute atomic E-state index is 10.0.